The first-order valence-electron chi connectivity index (χ1n) is 10.3. The minimum atomic E-state index is 0.0488. The van der Waals surface area contributed by atoms with Gasteiger partial charge < -0.3 is 15.6 Å². The Labute approximate surface area is 161 Å². The first-order valence-corrected chi connectivity index (χ1v) is 10.3. The lowest BCUT2D eigenvalue weighted by molar-refractivity contribution is -0.130. The number of unbranched alkanes of at least 4 members (excludes halogenated alkanes) is 1. The van der Waals surface area contributed by atoms with Crippen LogP contribution in [-0.2, 0) is 16.0 Å². The molecule has 1 saturated carbocycles. The second-order valence-electron chi connectivity index (χ2n) is 7.59. The highest BCUT2D eigenvalue weighted by molar-refractivity contribution is 5.83. The molecule has 2 aromatic rings. The van der Waals surface area contributed by atoms with E-state index in [1.807, 2.05) is 18.3 Å². The van der Waals surface area contributed by atoms with Crippen molar-refractivity contribution in [2.45, 2.75) is 51.9 Å². The van der Waals surface area contributed by atoms with Crippen LogP contribution in [0.25, 0.3) is 10.9 Å². The summed E-state index contributed by atoms with van der Waals surface area (Å²) < 4.78 is 0. The molecule has 3 rings (SSSR count). The van der Waals surface area contributed by atoms with Crippen molar-refractivity contribution >= 4 is 22.7 Å². The monoisotopic (exact) mass is 369 g/mol. The average molecular weight is 370 g/mol. The van der Waals surface area contributed by atoms with Crippen LogP contribution in [0.4, 0.5) is 0 Å². The van der Waals surface area contributed by atoms with Crippen LogP contribution in [0.15, 0.2) is 30.5 Å². The van der Waals surface area contributed by atoms with Crippen molar-refractivity contribution in [2.24, 2.45) is 11.8 Å². The van der Waals surface area contributed by atoms with E-state index in [1.165, 1.54) is 10.9 Å². The molecule has 5 heteroatoms. The largest absolute Gasteiger partial charge is 0.361 e. The van der Waals surface area contributed by atoms with Gasteiger partial charge in [-0.1, -0.05) is 31.5 Å². The van der Waals surface area contributed by atoms with Gasteiger partial charge in [0.15, 0.2) is 0 Å². The van der Waals surface area contributed by atoms with E-state index in [1.54, 1.807) is 0 Å². The fraction of sp³-hybridized carbons (Fsp3) is 0.545. The van der Waals surface area contributed by atoms with E-state index in [4.69, 9.17) is 0 Å². The van der Waals surface area contributed by atoms with Crippen molar-refractivity contribution in [1.82, 2.24) is 15.6 Å². The average Bonchev–Trinajstić information content (AvgIpc) is 3.11. The Balaban J connectivity index is 1.39. The van der Waals surface area contributed by atoms with Gasteiger partial charge in [-0.3, -0.25) is 9.59 Å². The number of rotatable bonds is 8. The summed E-state index contributed by atoms with van der Waals surface area (Å²) in [6.45, 7) is 3.54. The van der Waals surface area contributed by atoms with Gasteiger partial charge >= 0.3 is 0 Å². The van der Waals surface area contributed by atoms with E-state index in [0.717, 1.165) is 57.0 Å². The summed E-state index contributed by atoms with van der Waals surface area (Å²) in [5.74, 6) is 0.436. The molecule has 0 saturated heterocycles. The summed E-state index contributed by atoms with van der Waals surface area (Å²) in [6, 6.07) is 8.23. The second kappa shape index (κ2) is 9.58. The van der Waals surface area contributed by atoms with Crippen molar-refractivity contribution in [3.05, 3.63) is 36.0 Å². The number of nitrogens with one attached hydrogen (secondary N) is 3. The second-order valence-corrected chi connectivity index (χ2v) is 7.59. The van der Waals surface area contributed by atoms with E-state index >= 15 is 0 Å². The Morgan fingerprint density at radius 3 is 2.30 bits per heavy atom. The third-order valence-electron chi connectivity index (χ3n) is 5.67. The zero-order valence-electron chi connectivity index (χ0n) is 16.2. The molecule has 1 heterocycles. The van der Waals surface area contributed by atoms with Gasteiger partial charge in [-0.25, -0.2) is 0 Å². The van der Waals surface area contributed by atoms with Gasteiger partial charge in [0.2, 0.25) is 11.8 Å². The van der Waals surface area contributed by atoms with E-state index in [-0.39, 0.29) is 23.7 Å². The Morgan fingerprint density at radius 1 is 1.00 bits per heavy atom. The number of carbonyl (C=O) groups excluding carboxylic acids is 2. The highest BCUT2D eigenvalue weighted by Gasteiger charge is 2.29. The van der Waals surface area contributed by atoms with Crippen LogP contribution >= 0.6 is 0 Å². The molecule has 1 aromatic heterocycles. The van der Waals surface area contributed by atoms with Gasteiger partial charge in [-0.05, 0) is 50.2 Å². The molecule has 5 nitrogen and oxygen atoms in total. The van der Waals surface area contributed by atoms with Crippen molar-refractivity contribution in [1.29, 1.82) is 0 Å². The number of para-hydroxylation sites is 1. The molecule has 27 heavy (non-hydrogen) atoms. The van der Waals surface area contributed by atoms with Gasteiger partial charge in [-0.2, -0.15) is 0 Å². The lowest BCUT2D eigenvalue weighted by Gasteiger charge is -2.27. The molecule has 1 fully saturated rings. The van der Waals surface area contributed by atoms with Crippen LogP contribution in [0.5, 0.6) is 0 Å². The van der Waals surface area contributed by atoms with Gasteiger partial charge in [0.25, 0.3) is 0 Å². The first kappa shape index (κ1) is 19.5. The normalized spacial score (nSPS) is 19.7. The molecule has 1 aliphatic rings. The Hall–Kier alpha value is -2.30. The maximum atomic E-state index is 12.5. The third kappa shape index (κ3) is 5.12. The summed E-state index contributed by atoms with van der Waals surface area (Å²) >= 11 is 0. The minimum absolute atomic E-state index is 0.0488. The minimum Gasteiger partial charge on any atom is -0.361 e. The number of aromatic nitrogens is 1. The molecule has 1 aromatic carbocycles. The summed E-state index contributed by atoms with van der Waals surface area (Å²) in [5.41, 5.74) is 2.37. The smallest absolute Gasteiger partial charge is 0.223 e. The molecule has 0 spiro atoms. The topological polar surface area (TPSA) is 74.0 Å². The molecule has 0 unspecified atom stereocenters. The van der Waals surface area contributed by atoms with Crippen molar-refractivity contribution < 1.29 is 9.59 Å². The van der Waals surface area contributed by atoms with Crippen molar-refractivity contribution in [3.8, 4) is 0 Å². The zero-order valence-corrected chi connectivity index (χ0v) is 16.2. The summed E-state index contributed by atoms with van der Waals surface area (Å²) in [6.07, 6.45) is 8.22. The molecular formula is C22H31N3O2. The molecule has 3 N–H and O–H groups in total. The predicted molar refractivity (Wildman–Crippen MR) is 108 cm³/mol. The van der Waals surface area contributed by atoms with Crippen molar-refractivity contribution in [2.75, 3.05) is 13.1 Å². The molecule has 0 aliphatic heterocycles. The van der Waals surface area contributed by atoms with Crippen LogP contribution in [0.2, 0.25) is 0 Å². The van der Waals surface area contributed by atoms with Gasteiger partial charge in [0.1, 0.15) is 0 Å². The fourth-order valence-corrected chi connectivity index (χ4v) is 3.95. The maximum Gasteiger partial charge on any atom is 0.223 e. The lowest BCUT2D eigenvalue weighted by Crippen LogP contribution is -2.38. The van der Waals surface area contributed by atoms with Crippen LogP contribution in [0, 0.1) is 11.8 Å². The van der Waals surface area contributed by atoms with Crippen LogP contribution in [0.1, 0.15) is 51.0 Å². The van der Waals surface area contributed by atoms with Gasteiger partial charge in [0, 0.05) is 42.0 Å². The number of fused-ring (bicyclic) bond motifs is 1. The third-order valence-corrected chi connectivity index (χ3v) is 5.67. The Kier molecular flexibility index (Phi) is 6.91. The van der Waals surface area contributed by atoms with E-state index < -0.39 is 0 Å². The number of hydrogen-bond donors (Lipinski definition) is 3. The van der Waals surface area contributed by atoms with Crippen molar-refractivity contribution in [3.63, 3.8) is 0 Å². The fourth-order valence-electron chi connectivity index (χ4n) is 3.95. The van der Waals surface area contributed by atoms with E-state index in [0.29, 0.717) is 6.54 Å². The molecule has 146 valence electrons. The summed E-state index contributed by atoms with van der Waals surface area (Å²) in [4.78, 5) is 27.9. The molecule has 1 aliphatic carbocycles. The molecule has 0 bridgehead atoms. The van der Waals surface area contributed by atoms with Crippen LogP contribution < -0.4 is 10.6 Å². The number of carbonyl (C=O) groups is 2. The van der Waals surface area contributed by atoms with Gasteiger partial charge in [0.05, 0.1) is 0 Å². The first-order chi connectivity index (χ1) is 13.2. The standard InChI is InChI=1S/C22H31N3O2/c1-2-3-13-23-21(26)16-8-10-17(11-9-16)22(27)24-14-12-18-15-25-20-7-5-4-6-19(18)20/h4-7,15-17,25H,2-3,8-14H2,1H3,(H,23,26)(H,24,27). The highest BCUT2D eigenvalue weighted by Crippen LogP contribution is 2.29. The molecule has 0 radical (unpaired) electrons. The SMILES string of the molecule is CCCCNC(=O)C1CCC(C(=O)NCCc2c[nH]c3ccccc23)CC1. The number of hydrogen-bond acceptors (Lipinski definition) is 2. The number of aromatic amines is 1. The Morgan fingerprint density at radius 2 is 1.63 bits per heavy atom. The summed E-state index contributed by atoms with van der Waals surface area (Å²) in [7, 11) is 0. The van der Waals surface area contributed by atoms with E-state index in [9.17, 15) is 9.59 Å². The predicted octanol–water partition coefficient (Wildman–Crippen LogP) is 3.55. The summed E-state index contributed by atoms with van der Waals surface area (Å²) in [5, 5.41) is 7.33. The number of H-pyrrole nitrogens is 1. The zero-order chi connectivity index (χ0) is 19.1. The quantitative estimate of drug-likeness (QED) is 0.623. The number of amides is 2. The van der Waals surface area contributed by atoms with Gasteiger partial charge in [-0.15, -0.1) is 0 Å². The lowest BCUT2D eigenvalue weighted by atomic mass is 9.81. The van der Waals surface area contributed by atoms with E-state index in [2.05, 4.69) is 34.7 Å². The highest BCUT2D eigenvalue weighted by atomic mass is 16.2. The van der Waals surface area contributed by atoms with Crippen LogP contribution in [-0.4, -0.2) is 29.9 Å². The number of benzene rings is 1. The molecule has 0 atom stereocenters. The maximum absolute atomic E-state index is 12.5. The van der Waals surface area contributed by atoms with Crippen LogP contribution in [0.3, 0.4) is 0 Å². The molecule has 2 amide bonds. The molecular weight excluding hydrogens is 338 g/mol. The Bertz CT molecular complexity index is 760.